The molecule has 6 nitrogen and oxygen atoms in total. The van der Waals surface area contributed by atoms with Crippen LogP contribution in [0, 0.1) is 0 Å². The second-order valence-electron chi connectivity index (χ2n) is 2.77. The number of hydrogen-bond donors (Lipinski definition) is 1. The van der Waals surface area contributed by atoms with Gasteiger partial charge in [0.25, 0.3) is 0 Å². The molecule has 7 heteroatoms. The summed E-state index contributed by atoms with van der Waals surface area (Å²) in [5, 5.41) is 6.62. The normalized spacial score (nSPS) is 10.5. The Balaban J connectivity index is 0. The number of carbonyl (C=O) groups excluding carboxylic acids is 3. The van der Waals surface area contributed by atoms with E-state index >= 15 is 0 Å². The van der Waals surface area contributed by atoms with Crippen LogP contribution in [0.25, 0.3) is 0 Å². The van der Waals surface area contributed by atoms with Crippen LogP contribution < -0.4 is 0 Å². The molecule has 92 valence electrons. The second-order valence-corrected chi connectivity index (χ2v) is 3.20. The summed E-state index contributed by atoms with van der Waals surface area (Å²) in [6.45, 7) is 2.47. The quantitative estimate of drug-likeness (QED) is 0.442. The smallest absolute Gasteiger partial charge is 0.329 e. The monoisotopic (exact) mass is 252 g/mol. The van der Waals surface area contributed by atoms with Crippen LogP contribution in [0.5, 0.6) is 0 Å². The molecule has 0 aliphatic heterocycles. The van der Waals surface area contributed by atoms with E-state index < -0.39 is 23.1 Å². The maximum atomic E-state index is 10.2. The predicted octanol–water partition coefficient (Wildman–Crippen LogP) is 0.406. The first-order valence-electron chi connectivity index (χ1n) is 4.16. The summed E-state index contributed by atoms with van der Waals surface area (Å²) in [6.07, 6.45) is -0.115. The Kier molecular flexibility index (Phi) is 9.39. The fourth-order valence-corrected chi connectivity index (χ4v) is 0.449. The molecular formula is C9H13ClO6. The summed E-state index contributed by atoms with van der Waals surface area (Å²) in [5.41, 5.74) is 0. The van der Waals surface area contributed by atoms with Crippen LogP contribution in [0.2, 0.25) is 0 Å². The number of alkyl halides is 1. The Morgan fingerprint density at radius 3 is 1.75 bits per heavy atom. The van der Waals surface area contributed by atoms with Crippen LogP contribution in [0.1, 0.15) is 20.3 Å². The largest absolute Gasteiger partial charge is 0.480 e. The molecule has 0 aliphatic carbocycles. The van der Waals surface area contributed by atoms with E-state index in [-0.39, 0.29) is 12.2 Å². The molecular weight excluding hydrogens is 240 g/mol. The van der Waals surface area contributed by atoms with Crippen molar-refractivity contribution < 1.29 is 29.0 Å². The third-order valence-electron chi connectivity index (χ3n) is 1.19. The highest BCUT2D eigenvalue weighted by molar-refractivity contribution is 6.40. The van der Waals surface area contributed by atoms with Gasteiger partial charge in [-0.1, -0.05) is 0 Å². The first-order chi connectivity index (χ1) is 7.22. The first-order valence-corrected chi connectivity index (χ1v) is 4.59. The molecule has 0 amide bonds. The first kappa shape index (κ1) is 17.0. The number of esters is 1. The zero-order valence-corrected chi connectivity index (χ0v) is 9.91. The number of rotatable bonds is 4. The molecule has 0 rings (SSSR count). The van der Waals surface area contributed by atoms with Gasteiger partial charge in [0.2, 0.25) is 0 Å². The van der Waals surface area contributed by atoms with E-state index in [9.17, 15) is 19.2 Å². The average Bonchev–Trinajstić information content (AvgIpc) is 2.16. The highest BCUT2D eigenvalue weighted by atomic mass is 35.5. The maximum absolute atomic E-state index is 10.2. The van der Waals surface area contributed by atoms with Gasteiger partial charge in [-0.2, -0.15) is 0 Å². The number of ether oxygens (including phenoxy) is 1. The number of aliphatic carboxylic acids is 1. The van der Waals surface area contributed by atoms with Gasteiger partial charge in [-0.15, -0.1) is 11.6 Å². The summed E-state index contributed by atoms with van der Waals surface area (Å²) in [5.74, 6) is -2.48. The van der Waals surface area contributed by atoms with E-state index in [1.54, 1.807) is 0 Å². The van der Waals surface area contributed by atoms with E-state index in [4.69, 9.17) is 16.7 Å². The molecule has 1 N–H and O–H groups in total. The van der Waals surface area contributed by atoms with Gasteiger partial charge in [0.15, 0.2) is 11.2 Å². The third-order valence-corrected chi connectivity index (χ3v) is 1.69. The van der Waals surface area contributed by atoms with Crippen molar-refractivity contribution in [2.24, 2.45) is 0 Å². The standard InChI is InChI=1S/C5H8O3.C4H5ClO3/c1-4(6)3-5(7)8-2;1-2(6)3(5)4(7)8/h3H2,1-2H3;3H,1H3,(H,7,8). The van der Waals surface area contributed by atoms with Crippen LogP contribution in [0.4, 0.5) is 0 Å². The molecule has 0 saturated carbocycles. The van der Waals surface area contributed by atoms with Gasteiger partial charge in [0, 0.05) is 0 Å². The minimum Gasteiger partial charge on any atom is -0.480 e. The maximum Gasteiger partial charge on any atom is 0.329 e. The molecule has 0 saturated heterocycles. The van der Waals surface area contributed by atoms with Crippen molar-refractivity contribution in [3.8, 4) is 0 Å². The number of halogens is 1. The van der Waals surface area contributed by atoms with Gasteiger partial charge in [-0.25, -0.2) is 0 Å². The number of hydrogen-bond acceptors (Lipinski definition) is 5. The third kappa shape index (κ3) is 10.6. The van der Waals surface area contributed by atoms with Crippen molar-refractivity contribution in [3.05, 3.63) is 0 Å². The highest BCUT2D eigenvalue weighted by Crippen LogP contribution is 1.95. The molecule has 1 atom stereocenters. The fraction of sp³-hybridized carbons (Fsp3) is 0.556. The number of ketones is 2. The fourth-order valence-electron chi connectivity index (χ4n) is 0.449. The van der Waals surface area contributed by atoms with Crippen LogP contribution in [0.3, 0.4) is 0 Å². The van der Waals surface area contributed by atoms with Gasteiger partial charge in [-0.3, -0.25) is 19.2 Å². The Hall–Kier alpha value is -1.43. The molecule has 1 unspecified atom stereocenters. The van der Waals surface area contributed by atoms with Crippen LogP contribution >= 0.6 is 11.6 Å². The van der Waals surface area contributed by atoms with Gasteiger partial charge in [-0.05, 0) is 13.8 Å². The summed E-state index contributed by atoms with van der Waals surface area (Å²) in [6, 6.07) is 0. The van der Waals surface area contributed by atoms with Crippen molar-refractivity contribution in [1.82, 2.24) is 0 Å². The Labute approximate surface area is 97.5 Å². The Bertz CT molecular complexity index is 269. The molecule has 0 aromatic heterocycles. The minimum atomic E-state index is -1.38. The zero-order chi connectivity index (χ0) is 13.3. The molecule has 0 aromatic carbocycles. The molecule has 16 heavy (non-hydrogen) atoms. The number of carboxylic acids is 1. The number of Topliss-reactive ketones (excluding diaryl/α,β-unsaturated/α-hetero) is 2. The van der Waals surface area contributed by atoms with E-state index in [0.717, 1.165) is 6.92 Å². The number of carbonyl (C=O) groups is 4. The molecule has 0 aromatic rings. The second kappa shape index (κ2) is 8.84. The van der Waals surface area contributed by atoms with Gasteiger partial charge in [0.1, 0.15) is 12.2 Å². The number of methoxy groups -OCH3 is 1. The van der Waals surface area contributed by atoms with Crippen LogP contribution in [-0.4, -0.2) is 41.1 Å². The van der Waals surface area contributed by atoms with Gasteiger partial charge in [0.05, 0.1) is 7.11 Å². The van der Waals surface area contributed by atoms with Crippen molar-refractivity contribution in [1.29, 1.82) is 0 Å². The SMILES string of the molecule is CC(=O)C(Cl)C(=O)O.COC(=O)CC(C)=O. The molecule has 0 aliphatic rings. The van der Waals surface area contributed by atoms with Crippen molar-refractivity contribution in [2.75, 3.05) is 7.11 Å². The van der Waals surface area contributed by atoms with E-state index in [0.29, 0.717) is 0 Å². The molecule has 0 spiro atoms. The lowest BCUT2D eigenvalue weighted by molar-refractivity contribution is -0.143. The van der Waals surface area contributed by atoms with E-state index in [1.807, 2.05) is 0 Å². The van der Waals surface area contributed by atoms with Crippen LogP contribution in [-0.2, 0) is 23.9 Å². The molecule has 0 heterocycles. The summed E-state index contributed by atoms with van der Waals surface area (Å²) < 4.78 is 4.20. The Morgan fingerprint density at radius 2 is 1.69 bits per heavy atom. The zero-order valence-electron chi connectivity index (χ0n) is 9.15. The summed E-state index contributed by atoms with van der Waals surface area (Å²) in [4.78, 5) is 40.2. The van der Waals surface area contributed by atoms with Crippen LogP contribution in [0.15, 0.2) is 0 Å². The molecule has 0 bridgehead atoms. The summed E-state index contributed by atoms with van der Waals surface area (Å²) >= 11 is 5.00. The molecule has 0 fully saturated rings. The van der Waals surface area contributed by atoms with E-state index in [1.165, 1.54) is 14.0 Å². The lowest BCUT2D eigenvalue weighted by atomic mass is 10.3. The average molecular weight is 253 g/mol. The Morgan fingerprint density at radius 1 is 1.25 bits per heavy atom. The van der Waals surface area contributed by atoms with Crippen molar-refractivity contribution in [3.63, 3.8) is 0 Å². The highest BCUT2D eigenvalue weighted by Gasteiger charge is 2.17. The summed E-state index contributed by atoms with van der Waals surface area (Å²) in [7, 11) is 1.26. The lowest BCUT2D eigenvalue weighted by Gasteiger charge is -1.93. The number of carboxylic acid groups (broad SMARTS) is 1. The lowest BCUT2D eigenvalue weighted by Crippen LogP contribution is -2.20. The van der Waals surface area contributed by atoms with Gasteiger partial charge >= 0.3 is 11.9 Å². The van der Waals surface area contributed by atoms with Crippen molar-refractivity contribution >= 4 is 35.1 Å². The predicted molar refractivity (Wildman–Crippen MR) is 55.3 cm³/mol. The van der Waals surface area contributed by atoms with Crippen molar-refractivity contribution in [2.45, 2.75) is 25.6 Å². The van der Waals surface area contributed by atoms with Gasteiger partial charge < -0.3 is 9.84 Å². The van der Waals surface area contributed by atoms with E-state index in [2.05, 4.69) is 4.74 Å². The minimum absolute atomic E-state index is 0.115. The topological polar surface area (TPSA) is 97.7 Å². The molecule has 0 radical (unpaired) electrons.